The van der Waals surface area contributed by atoms with E-state index in [9.17, 15) is 9.59 Å². The molecule has 146 valence electrons. The van der Waals surface area contributed by atoms with Gasteiger partial charge in [0.15, 0.2) is 0 Å². The van der Waals surface area contributed by atoms with Crippen molar-refractivity contribution in [1.82, 2.24) is 10.6 Å². The van der Waals surface area contributed by atoms with Crippen molar-refractivity contribution in [3.8, 4) is 0 Å². The molecular weight excluding hydrogens is 348 g/mol. The first-order valence-electron chi connectivity index (χ1n) is 10.00. The van der Waals surface area contributed by atoms with Crippen molar-refractivity contribution >= 4 is 17.4 Å². The van der Waals surface area contributed by atoms with E-state index in [1.165, 1.54) is 6.42 Å². The average molecular weight is 377 g/mol. The Morgan fingerprint density at radius 1 is 0.857 bits per heavy atom. The van der Waals surface area contributed by atoms with Gasteiger partial charge in [-0.05, 0) is 50.0 Å². The molecule has 0 spiro atoms. The summed E-state index contributed by atoms with van der Waals surface area (Å²) in [5.41, 5.74) is 3.69. The number of allylic oxidation sites excluding steroid dienone is 1. The van der Waals surface area contributed by atoms with E-state index in [2.05, 4.69) is 10.6 Å². The van der Waals surface area contributed by atoms with Gasteiger partial charge in [0.2, 0.25) is 0 Å². The van der Waals surface area contributed by atoms with Crippen molar-refractivity contribution in [1.29, 1.82) is 0 Å². The number of nitrogens with one attached hydrogen (secondary N) is 2. The van der Waals surface area contributed by atoms with Crippen molar-refractivity contribution in [2.45, 2.75) is 52.0 Å². The molecule has 1 aliphatic carbocycles. The summed E-state index contributed by atoms with van der Waals surface area (Å²) < 4.78 is 0. The lowest BCUT2D eigenvalue weighted by Crippen LogP contribution is -2.41. The van der Waals surface area contributed by atoms with Crippen molar-refractivity contribution in [2.24, 2.45) is 0 Å². The minimum atomic E-state index is -0.277. The van der Waals surface area contributed by atoms with Crippen LogP contribution in [-0.2, 0) is 4.79 Å². The second-order valence-electron chi connectivity index (χ2n) is 7.49. The third kappa shape index (κ3) is 5.10. The Kier molecular flexibility index (Phi) is 6.64. The van der Waals surface area contributed by atoms with Crippen LogP contribution in [0, 0.1) is 6.92 Å². The summed E-state index contributed by atoms with van der Waals surface area (Å²) in [7, 11) is 0. The summed E-state index contributed by atoms with van der Waals surface area (Å²) >= 11 is 0. The number of benzene rings is 2. The van der Waals surface area contributed by atoms with Gasteiger partial charge in [0.25, 0.3) is 11.8 Å². The predicted octanol–water partition coefficient (Wildman–Crippen LogP) is 4.60. The van der Waals surface area contributed by atoms with Gasteiger partial charge in [-0.25, -0.2) is 0 Å². The van der Waals surface area contributed by atoms with E-state index in [0.717, 1.165) is 42.4 Å². The number of hydrogen-bond donors (Lipinski definition) is 2. The molecule has 4 nitrogen and oxygen atoms in total. The normalized spacial score (nSPS) is 15.5. The monoisotopic (exact) mass is 376 g/mol. The second-order valence-corrected chi connectivity index (χ2v) is 7.49. The molecule has 0 saturated heterocycles. The maximum atomic E-state index is 13.1. The van der Waals surface area contributed by atoms with E-state index in [4.69, 9.17) is 0 Å². The van der Waals surface area contributed by atoms with Gasteiger partial charge in [-0.1, -0.05) is 67.3 Å². The quantitative estimate of drug-likeness (QED) is 0.749. The molecule has 2 aromatic rings. The van der Waals surface area contributed by atoms with E-state index >= 15 is 0 Å². The molecule has 0 bridgehead atoms. The van der Waals surface area contributed by atoms with Gasteiger partial charge in [-0.3, -0.25) is 9.59 Å². The average Bonchev–Trinajstić information content (AvgIpc) is 2.73. The van der Waals surface area contributed by atoms with Crippen LogP contribution in [0.5, 0.6) is 0 Å². The number of carbonyl (C=O) groups is 2. The van der Waals surface area contributed by atoms with Gasteiger partial charge in [-0.15, -0.1) is 0 Å². The molecule has 1 aliphatic rings. The highest BCUT2D eigenvalue weighted by molar-refractivity contribution is 6.07. The number of rotatable bonds is 5. The van der Waals surface area contributed by atoms with Crippen molar-refractivity contribution in [3.05, 3.63) is 77.0 Å². The number of carbonyl (C=O) groups excluding carboxylic acids is 2. The molecule has 2 aromatic carbocycles. The molecule has 1 saturated carbocycles. The lowest BCUT2D eigenvalue weighted by atomic mass is 9.95. The van der Waals surface area contributed by atoms with E-state index in [1.54, 1.807) is 12.1 Å². The van der Waals surface area contributed by atoms with Crippen LogP contribution in [0.15, 0.2) is 60.3 Å². The zero-order valence-electron chi connectivity index (χ0n) is 16.6. The molecule has 2 amide bonds. The highest BCUT2D eigenvalue weighted by Gasteiger charge is 2.22. The minimum absolute atomic E-state index is 0.177. The molecule has 4 heteroatoms. The fraction of sp³-hybridized carbons (Fsp3) is 0.333. The maximum absolute atomic E-state index is 13.1. The summed E-state index contributed by atoms with van der Waals surface area (Å²) in [5, 5.41) is 5.99. The summed E-state index contributed by atoms with van der Waals surface area (Å²) in [6.45, 7) is 3.91. The van der Waals surface area contributed by atoms with Gasteiger partial charge in [0.05, 0.1) is 0 Å². The number of hydrogen-bond acceptors (Lipinski definition) is 2. The Morgan fingerprint density at radius 2 is 1.50 bits per heavy atom. The third-order valence-electron chi connectivity index (χ3n) is 5.30. The first kappa shape index (κ1) is 19.9. The molecule has 0 radical (unpaired) electrons. The lowest BCUT2D eigenvalue weighted by Gasteiger charge is -2.24. The van der Waals surface area contributed by atoms with Gasteiger partial charge in [0.1, 0.15) is 5.70 Å². The minimum Gasteiger partial charge on any atom is -0.348 e. The molecule has 0 aliphatic heterocycles. The summed E-state index contributed by atoms with van der Waals surface area (Å²) in [5.74, 6) is -0.491. The first-order chi connectivity index (χ1) is 13.5. The summed E-state index contributed by atoms with van der Waals surface area (Å²) in [6.07, 6.45) is 5.49. The standard InChI is InChI=1S/C24H28N2O2/c1-17-13-15-19(16-14-17)18(2)22(24(28)25-21-11-7-4-8-12-21)26-23(27)20-9-5-3-6-10-20/h3,5-6,9-10,13-16,21H,4,7-8,11-12H2,1-2H3,(H,25,28)(H,26,27). The van der Waals surface area contributed by atoms with E-state index in [0.29, 0.717) is 11.3 Å². The van der Waals surface area contributed by atoms with Crippen LogP contribution < -0.4 is 10.6 Å². The fourth-order valence-electron chi connectivity index (χ4n) is 3.55. The number of aryl methyl sites for hydroxylation is 1. The topological polar surface area (TPSA) is 58.2 Å². The van der Waals surface area contributed by atoms with Gasteiger partial charge < -0.3 is 10.6 Å². The smallest absolute Gasteiger partial charge is 0.268 e. The van der Waals surface area contributed by atoms with Crippen LogP contribution in [-0.4, -0.2) is 17.9 Å². The second kappa shape index (κ2) is 9.36. The molecule has 1 fully saturated rings. The first-order valence-corrected chi connectivity index (χ1v) is 10.00. The van der Waals surface area contributed by atoms with Gasteiger partial charge in [0, 0.05) is 11.6 Å². The van der Waals surface area contributed by atoms with E-state index < -0.39 is 0 Å². The SMILES string of the molecule is CC(=C(NC(=O)c1ccccc1)C(=O)NC1CCCCC1)c1ccc(C)cc1. The molecule has 0 unspecified atom stereocenters. The van der Waals surface area contributed by atoms with Crippen molar-refractivity contribution in [2.75, 3.05) is 0 Å². The van der Waals surface area contributed by atoms with Crippen LogP contribution in [0.1, 0.15) is 60.5 Å². The molecule has 0 heterocycles. The van der Waals surface area contributed by atoms with Crippen LogP contribution >= 0.6 is 0 Å². The third-order valence-corrected chi connectivity index (χ3v) is 5.30. The molecular formula is C24H28N2O2. The Balaban J connectivity index is 1.88. The molecule has 0 aromatic heterocycles. The Hall–Kier alpha value is -2.88. The Labute approximate surface area is 167 Å². The Morgan fingerprint density at radius 3 is 2.14 bits per heavy atom. The fourth-order valence-corrected chi connectivity index (χ4v) is 3.55. The summed E-state index contributed by atoms with van der Waals surface area (Å²) in [4.78, 5) is 25.8. The van der Waals surface area contributed by atoms with Crippen LogP contribution in [0.25, 0.3) is 5.57 Å². The molecule has 0 atom stereocenters. The van der Waals surface area contributed by atoms with E-state index in [-0.39, 0.29) is 17.9 Å². The van der Waals surface area contributed by atoms with Crippen molar-refractivity contribution < 1.29 is 9.59 Å². The predicted molar refractivity (Wildman–Crippen MR) is 113 cm³/mol. The molecule has 3 rings (SSSR count). The summed E-state index contributed by atoms with van der Waals surface area (Å²) in [6, 6.07) is 17.1. The van der Waals surface area contributed by atoms with Crippen molar-refractivity contribution in [3.63, 3.8) is 0 Å². The largest absolute Gasteiger partial charge is 0.348 e. The highest BCUT2D eigenvalue weighted by Crippen LogP contribution is 2.21. The van der Waals surface area contributed by atoms with Crippen LogP contribution in [0.2, 0.25) is 0 Å². The van der Waals surface area contributed by atoms with Crippen LogP contribution in [0.3, 0.4) is 0 Å². The van der Waals surface area contributed by atoms with E-state index in [1.807, 2.05) is 56.3 Å². The zero-order chi connectivity index (χ0) is 19.9. The molecule has 28 heavy (non-hydrogen) atoms. The highest BCUT2D eigenvalue weighted by atomic mass is 16.2. The Bertz CT molecular complexity index is 848. The zero-order valence-corrected chi connectivity index (χ0v) is 16.6. The van der Waals surface area contributed by atoms with Gasteiger partial charge in [-0.2, -0.15) is 0 Å². The number of amides is 2. The van der Waals surface area contributed by atoms with Gasteiger partial charge >= 0.3 is 0 Å². The maximum Gasteiger partial charge on any atom is 0.268 e. The van der Waals surface area contributed by atoms with Crippen LogP contribution in [0.4, 0.5) is 0 Å². The lowest BCUT2D eigenvalue weighted by molar-refractivity contribution is -0.118. The molecule has 2 N–H and O–H groups in total.